The molecule has 1 fully saturated rings. The Morgan fingerprint density at radius 2 is 1.73 bits per heavy atom. The number of amides is 4. The first-order valence-corrected chi connectivity index (χ1v) is 9.49. The van der Waals surface area contributed by atoms with Gasteiger partial charge in [-0.1, -0.05) is 17.7 Å². The van der Waals surface area contributed by atoms with Crippen molar-refractivity contribution in [3.8, 4) is 5.75 Å². The third kappa shape index (κ3) is 3.36. The molecule has 2 aliphatic rings. The molecule has 0 saturated carbocycles. The smallest absolute Gasteiger partial charge is 0.329 e. The first kappa shape index (κ1) is 19.5. The maximum atomic E-state index is 13.2. The molecule has 154 valence electrons. The molecule has 2 unspecified atom stereocenters. The average Bonchev–Trinajstić information content (AvgIpc) is 3.06. The Balaban J connectivity index is 1.54. The molecular weight excluding hydrogens is 384 g/mol. The monoisotopic (exact) mass is 406 g/mol. The number of rotatable bonds is 4. The van der Waals surface area contributed by atoms with E-state index in [1.807, 2.05) is 19.1 Å². The summed E-state index contributed by atoms with van der Waals surface area (Å²) in [5, 5.41) is 5.61. The number of fused-ring (bicyclic) bond motifs is 1. The van der Waals surface area contributed by atoms with Gasteiger partial charge >= 0.3 is 6.03 Å². The SMILES string of the molecule is COc1ccc(NC(=O)C2=CN(C)C3C(=O)N(c4ccc(C)cc4)C(=O)NC23)cc1. The number of anilines is 2. The third-order valence-corrected chi connectivity index (χ3v) is 5.29. The predicted molar refractivity (Wildman–Crippen MR) is 112 cm³/mol. The van der Waals surface area contributed by atoms with E-state index in [2.05, 4.69) is 10.6 Å². The Bertz CT molecular complexity index is 1030. The van der Waals surface area contributed by atoms with E-state index in [0.29, 0.717) is 22.7 Å². The highest BCUT2D eigenvalue weighted by Crippen LogP contribution is 2.30. The largest absolute Gasteiger partial charge is 0.497 e. The van der Waals surface area contributed by atoms with Gasteiger partial charge in [0.2, 0.25) is 0 Å². The summed E-state index contributed by atoms with van der Waals surface area (Å²) < 4.78 is 5.11. The number of likely N-dealkylation sites (N-methyl/N-ethyl adjacent to an activating group) is 1. The molecular formula is C22H22N4O4. The first-order valence-electron chi connectivity index (χ1n) is 9.49. The molecule has 0 radical (unpaired) electrons. The Kier molecular flexibility index (Phi) is 4.91. The lowest BCUT2D eigenvalue weighted by molar-refractivity contribution is -0.122. The predicted octanol–water partition coefficient (Wildman–Crippen LogP) is 2.27. The molecule has 4 amide bonds. The zero-order valence-electron chi connectivity index (χ0n) is 16.9. The highest BCUT2D eigenvalue weighted by atomic mass is 16.5. The topological polar surface area (TPSA) is 91.0 Å². The summed E-state index contributed by atoms with van der Waals surface area (Å²) in [6.45, 7) is 1.93. The number of hydrogen-bond acceptors (Lipinski definition) is 5. The van der Waals surface area contributed by atoms with Crippen LogP contribution in [0.5, 0.6) is 5.75 Å². The minimum Gasteiger partial charge on any atom is -0.497 e. The van der Waals surface area contributed by atoms with Crippen LogP contribution >= 0.6 is 0 Å². The quantitative estimate of drug-likeness (QED) is 0.813. The van der Waals surface area contributed by atoms with E-state index in [-0.39, 0.29) is 11.8 Å². The second-order valence-corrected chi connectivity index (χ2v) is 7.31. The Labute approximate surface area is 174 Å². The van der Waals surface area contributed by atoms with Crippen molar-refractivity contribution in [3.05, 3.63) is 65.9 Å². The highest BCUT2D eigenvalue weighted by molar-refractivity contribution is 6.20. The molecule has 2 aromatic carbocycles. The van der Waals surface area contributed by atoms with Crippen LogP contribution in [0.25, 0.3) is 0 Å². The molecule has 4 rings (SSSR count). The normalized spacial score (nSPS) is 20.4. The molecule has 2 N–H and O–H groups in total. The fourth-order valence-corrected chi connectivity index (χ4v) is 3.70. The fraction of sp³-hybridized carbons (Fsp3) is 0.227. The second-order valence-electron chi connectivity index (χ2n) is 7.31. The number of hydrogen-bond donors (Lipinski definition) is 2. The van der Waals surface area contributed by atoms with Crippen molar-refractivity contribution in [3.63, 3.8) is 0 Å². The molecule has 8 nitrogen and oxygen atoms in total. The van der Waals surface area contributed by atoms with Crippen molar-refractivity contribution in [2.45, 2.75) is 19.0 Å². The van der Waals surface area contributed by atoms with Crippen molar-refractivity contribution < 1.29 is 19.1 Å². The van der Waals surface area contributed by atoms with Gasteiger partial charge in [-0.15, -0.1) is 0 Å². The summed E-state index contributed by atoms with van der Waals surface area (Å²) in [5.74, 6) is -0.0794. The number of imide groups is 1. The Morgan fingerprint density at radius 3 is 2.37 bits per heavy atom. The molecule has 2 heterocycles. The summed E-state index contributed by atoms with van der Waals surface area (Å²) in [5.41, 5.74) is 2.43. The number of benzene rings is 2. The van der Waals surface area contributed by atoms with Crippen LogP contribution in [-0.4, -0.2) is 49.0 Å². The van der Waals surface area contributed by atoms with Gasteiger partial charge in [0, 0.05) is 18.9 Å². The number of ether oxygens (including phenoxy) is 1. The first-order chi connectivity index (χ1) is 14.4. The van der Waals surface area contributed by atoms with Gasteiger partial charge in [-0.05, 0) is 43.3 Å². The number of nitrogens with zero attached hydrogens (tertiary/aromatic N) is 2. The molecule has 0 aromatic heterocycles. The van der Waals surface area contributed by atoms with Crippen molar-refractivity contribution in [2.24, 2.45) is 0 Å². The summed E-state index contributed by atoms with van der Waals surface area (Å²) in [4.78, 5) is 41.5. The van der Waals surface area contributed by atoms with E-state index in [9.17, 15) is 14.4 Å². The fourth-order valence-electron chi connectivity index (χ4n) is 3.70. The highest BCUT2D eigenvalue weighted by Gasteiger charge is 2.49. The van der Waals surface area contributed by atoms with Crippen molar-refractivity contribution in [1.82, 2.24) is 10.2 Å². The van der Waals surface area contributed by atoms with E-state index in [1.165, 1.54) is 0 Å². The molecule has 0 aliphatic carbocycles. The molecule has 30 heavy (non-hydrogen) atoms. The summed E-state index contributed by atoms with van der Waals surface area (Å²) in [7, 11) is 3.28. The van der Waals surface area contributed by atoms with Gasteiger partial charge in [-0.25, -0.2) is 9.69 Å². The molecule has 2 aliphatic heterocycles. The third-order valence-electron chi connectivity index (χ3n) is 5.29. The van der Waals surface area contributed by atoms with Crippen LogP contribution in [0.15, 0.2) is 60.3 Å². The number of nitrogens with one attached hydrogen (secondary N) is 2. The summed E-state index contributed by atoms with van der Waals surface area (Å²) in [6, 6.07) is 12.1. The van der Waals surface area contributed by atoms with Crippen molar-refractivity contribution >= 4 is 29.2 Å². The second kappa shape index (κ2) is 7.55. The van der Waals surface area contributed by atoms with E-state index in [1.54, 1.807) is 61.7 Å². The minimum atomic E-state index is -0.727. The minimum absolute atomic E-state index is 0.323. The number of methoxy groups -OCH3 is 1. The van der Waals surface area contributed by atoms with Gasteiger partial charge in [0.05, 0.1) is 24.4 Å². The van der Waals surface area contributed by atoms with E-state index < -0.39 is 18.1 Å². The van der Waals surface area contributed by atoms with E-state index in [4.69, 9.17) is 4.74 Å². The number of carbonyl (C=O) groups excluding carboxylic acids is 3. The number of carbonyl (C=O) groups is 3. The Morgan fingerprint density at radius 1 is 1.07 bits per heavy atom. The van der Waals surface area contributed by atoms with Gasteiger partial charge in [-0.3, -0.25) is 9.59 Å². The molecule has 1 saturated heterocycles. The zero-order valence-corrected chi connectivity index (χ0v) is 16.9. The lowest BCUT2D eigenvalue weighted by Crippen LogP contribution is -2.65. The van der Waals surface area contributed by atoms with Crippen LogP contribution in [0.2, 0.25) is 0 Å². The van der Waals surface area contributed by atoms with Crippen LogP contribution in [0.4, 0.5) is 16.2 Å². The lowest BCUT2D eigenvalue weighted by Gasteiger charge is -2.37. The van der Waals surface area contributed by atoms with Crippen molar-refractivity contribution in [2.75, 3.05) is 24.4 Å². The molecule has 0 spiro atoms. The van der Waals surface area contributed by atoms with Crippen molar-refractivity contribution in [1.29, 1.82) is 0 Å². The van der Waals surface area contributed by atoms with Crippen LogP contribution < -0.4 is 20.3 Å². The molecule has 2 atom stereocenters. The van der Waals surface area contributed by atoms with Crippen LogP contribution in [0.1, 0.15) is 5.56 Å². The van der Waals surface area contributed by atoms with Gasteiger partial charge < -0.3 is 20.3 Å². The zero-order chi connectivity index (χ0) is 21.4. The Hall–Kier alpha value is -3.81. The van der Waals surface area contributed by atoms with Crippen LogP contribution in [0, 0.1) is 6.92 Å². The number of urea groups is 1. The van der Waals surface area contributed by atoms with Crippen LogP contribution in [0.3, 0.4) is 0 Å². The van der Waals surface area contributed by atoms with Gasteiger partial charge in [0.25, 0.3) is 11.8 Å². The summed E-state index contributed by atoms with van der Waals surface area (Å²) in [6.07, 6.45) is 1.60. The maximum absolute atomic E-state index is 13.2. The van der Waals surface area contributed by atoms with Gasteiger partial charge in [0.1, 0.15) is 11.8 Å². The van der Waals surface area contributed by atoms with E-state index in [0.717, 1.165) is 10.5 Å². The van der Waals surface area contributed by atoms with E-state index >= 15 is 0 Å². The molecule has 8 heteroatoms. The summed E-state index contributed by atoms with van der Waals surface area (Å²) >= 11 is 0. The standard InChI is InChI=1S/C22H22N4O4/c1-13-4-8-15(9-5-13)26-21(28)19-18(24-22(26)29)17(12-25(19)2)20(27)23-14-6-10-16(30-3)11-7-14/h4-12,18-19H,1-3H3,(H,23,27)(H,24,29). The average molecular weight is 406 g/mol. The van der Waals surface area contributed by atoms with Gasteiger partial charge in [0.15, 0.2) is 0 Å². The number of aryl methyl sites for hydroxylation is 1. The van der Waals surface area contributed by atoms with Crippen LogP contribution in [-0.2, 0) is 9.59 Å². The molecule has 0 bridgehead atoms. The molecule has 2 aromatic rings. The lowest BCUT2D eigenvalue weighted by atomic mass is 9.99. The van der Waals surface area contributed by atoms with Gasteiger partial charge in [-0.2, -0.15) is 0 Å². The maximum Gasteiger partial charge on any atom is 0.329 e.